The maximum absolute atomic E-state index is 13.2. The molecule has 1 aliphatic carbocycles. The van der Waals surface area contributed by atoms with Crippen LogP contribution in [0.15, 0.2) is 30.3 Å². The van der Waals surface area contributed by atoms with Gasteiger partial charge in [-0.25, -0.2) is 4.79 Å². The molecular formula is C20H26N2O3. The number of hydrogen-bond donors (Lipinski definition) is 0. The SMILES string of the molecule is CN1CC(C)(C2CCCCC2)C(=O)N(CC(=O)c2ccccc2)C1=O. The van der Waals surface area contributed by atoms with Gasteiger partial charge in [-0.3, -0.25) is 14.5 Å². The number of rotatable bonds is 4. The van der Waals surface area contributed by atoms with E-state index in [4.69, 9.17) is 0 Å². The van der Waals surface area contributed by atoms with E-state index < -0.39 is 5.41 Å². The standard InChI is InChI=1S/C20H26N2O3/c1-20(16-11-7-4-8-12-16)14-21(2)19(25)22(18(20)24)13-17(23)15-9-5-3-6-10-15/h3,5-6,9-10,16H,4,7-8,11-14H2,1-2H3. The molecule has 3 rings (SSSR count). The zero-order valence-corrected chi connectivity index (χ0v) is 15.0. The molecule has 1 aromatic rings. The third kappa shape index (κ3) is 3.32. The van der Waals surface area contributed by atoms with Gasteiger partial charge in [0.2, 0.25) is 5.91 Å². The average Bonchev–Trinajstić information content (AvgIpc) is 2.65. The molecule has 0 radical (unpaired) electrons. The summed E-state index contributed by atoms with van der Waals surface area (Å²) in [5.41, 5.74) is -0.0734. The summed E-state index contributed by atoms with van der Waals surface area (Å²) in [5, 5.41) is 0. The molecule has 1 aliphatic heterocycles. The van der Waals surface area contributed by atoms with E-state index in [-0.39, 0.29) is 30.2 Å². The van der Waals surface area contributed by atoms with Crippen molar-refractivity contribution in [3.63, 3.8) is 0 Å². The number of Topliss-reactive ketones (excluding diaryl/α,β-unsaturated/α-hetero) is 1. The fraction of sp³-hybridized carbons (Fsp3) is 0.550. The van der Waals surface area contributed by atoms with Gasteiger partial charge < -0.3 is 4.90 Å². The van der Waals surface area contributed by atoms with Crippen molar-refractivity contribution in [1.82, 2.24) is 9.80 Å². The Bertz CT molecular complexity index is 667. The van der Waals surface area contributed by atoms with E-state index in [1.807, 2.05) is 13.0 Å². The van der Waals surface area contributed by atoms with Crippen molar-refractivity contribution in [3.05, 3.63) is 35.9 Å². The van der Waals surface area contributed by atoms with Crippen LogP contribution in [-0.2, 0) is 4.79 Å². The first-order chi connectivity index (χ1) is 11.9. The Hall–Kier alpha value is -2.17. The molecule has 0 spiro atoms. The molecule has 3 amide bonds. The molecule has 1 aromatic carbocycles. The lowest BCUT2D eigenvalue weighted by Crippen LogP contribution is -2.63. The Morgan fingerprint density at radius 1 is 1.12 bits per heavy atom. The Labute approximate surface area is 149 Å². The van der Waals surface area contributed by atoms with Crippen LogP contribution in [0, 0.1) is 11.3 Å². The molecule has 2 aliphatic rings. The Kier molecular flexibility index (Phi) is 4.93. The number of ketones is 1. The van der Waals surface area contributed by atoms with Crippen molar-refractivity contribution < 1.29 is 14.4 Å². The molecule has 2 fully saturated rings. The summed E-state index contributed by atoms with van der Waals surface area (Å²) >= 11 is 0. The van der Waals surface area contributed by atoms with Gasteiger partial charge in [-0.1, -0.05) is 49.6 Å². The lowest BCUT2D eigenvalue weighted by atomic mass is 9.68. The van der Waals surface area contributed by atoms with Crippen molar-refractivity contribution in [1.29, 1.82) is 0 Å². The number of amides is 3. The molecule has 25 heavy (non-hydrogen) atoms. The summed E-state index contributed by atoms with van der Waals surface area (Å²) < 4.78 is 0. The lowest BCUT2D eigenvalue weighted by Gasteiger charge is -2.47. The molecule has 1 saturated carbocycles. The van der Waals surface area contributed by atoms with E-state index in [9.17, 15) is 14.4 Å². The summed E-state index contributed by atoms with van der Waals surface area (Å²) in [6, 6.07) is 8.46. The summed E-state index contributed by atoms with van der Waals surface area (Å²) in [5.74, 6) is -0.117. The van der Waals surface area contributed by atoms with Gasteiger partial charge in [-0.05, 0) is 25.7 Å². The number of carbonyl (C=O) groups excluding carboxylic acids is 3. The van der Waals surface area contributed by atoms with Crippen molar-refractivity contribution in [2.75, 3.05) is 20.1 Å². The molecule has 1 atom stereocenters. The highest BCUT2D eigenvalue weighted by atomic mass is 16.2. The summed E-state index contributed by atoms with van der Waals surface area (Å²) in [4.78, 5) is 41.0. The van der Waals surface area contributed by atoms with Gasteiger partial charge in [0.1, 0.15) is 0 Å². The van der Waals surface area contributed by atoms with Crippen LogP contribution in [-0.4, -0.2) is 47.7 Å². The number of carbonyl (C=O) groups is 3. The Balaban J connectivity index is 1.83. The maximum Gasteiger partial charge on any atom is 0.326 e. The topological polar surface area (TPSA) is 57.7 Å². The van der Waals surface area contributed by atoms with Crippen molar-refractivity contribution in [3.8, 4) is 0 Å². The lowest BCUT2D eigenvalue weighted by molar-refractivity contribution is -0.147. The van der Waals surface area contributed by atoms with E-state index in [1.54, 1.807) is 36.2 Å². The zero-order valence-electron chi connectivity index (χ0n) is 15.0. The predicted molar refractivity (Wildman–Crippen MR) is 95.2 cm³/mol. The zero-order chi connectivity index (χ0) is 18.0. The van der Waals surface area contributed by atoms with Crippen LogP contribution < -0.4 is 0 Å². The predicted octanol–water partition coefficient (Wildman–Crippen LogP) is 3.35. The second-order valence-electron chi connectivity index (χ2n) is 7.57. The Morgan fingerprint density at radius 3 is 2.40 bits per heavy atom. The van der Waals surface area contributed by atoms with Crippen molar-refractivity contribution in [2.24, 2.45) is 11.3 Å². The van der Waals surface area contributed by atoms with Gasteiger partial charge >= 0.3 is 6.03 Å². The first kappa shape index (κ1) is 17.6. The fourth-order valence-electron chi connectivity index (χ4n) is 4.27. The minimum atomic E-state index is -0.597. The molecule has 0 N–H and O–H groups in total. The molecule has 1 heterocycles. The minimum Gasteiger partial charge on any atom is -0.326 e. The smallest absolute Gasteiger partial charge is 0.326 e. The van der Waals surface area contributed by atoms with E-state index in [2.05, 4.69) is 0 Å². The van der Waals surface area contributed by atoms with Crippen LogP contribution in [0.3, 0.4) is 0 Å². The normalized spacial score (nSPS) is 25.4. The molecule has 0 bridgehead atoms. The highest BCUT2D eigenvalue weighted by Crippen LogP contribution is 2.42. The third-order valence-corrected chi connectivity index (χ3v) is 5.76. The van der Waals surface area contributed by atoms with E-state index in [0.29, 0.717) is 12.1 Å². The molecule has 1 unspecified atom stereocenters. The number of benzene rings is 1. The van der Waals surface area contributed by atoms with Crippen molar-refractivity contribution in [2.45, 2.75) is 39.0 Å². The Morgan fingerprint density at radius 2 is 1.76 bits per heavy atom. The quantitative estimate of drug-likeness (QED) is 0.789. The maximum atomic E-state index is 13.2. The van der Waals surface area contributed by atoms with Crippen LogP contribution in [0.5, 0.6) is 0 Å². The van der Waals surface area contributed by atoms with Gasteiger partial charge in [0.05, 0.1) is 12.0 Å². The monoisotopic (exact) mass is 342 g/mol. The number of urea groups is 1. The number of imide groups is 1. The van der Waals surface area contributed by atoms with Gasteiger partial charge in [0, 0.05) is 19.2 Å². The molecule has 1 saturated heterocycles. The second-order valence-corrected chi connectivity index (χ2v) is 7.57. The van der Waals surface area contributed by atoms with E-state index in [0.717, 1.165) is 30.6 Å². The van der Waals surface area contributed by atoms with Crippen LogP contribution in [0.1, 0.15) is 49.4 Å². The first-order valence-corrected chi connectivity index (χ1v) is 9.09. The van der Waals surface area contributed by atoms with Crippen molar-refractivity contribution >= 4 is 17.7 Å². The average molecular weight is 342 g/mol. The summed E-state index contributed by atoms with van der Waals surface area (Å²) in [6.07, 6.45) is 5.52. The molecule has 5 heteroatoms. The van der Waals surface area contributed by atoms with Crippen LogP contribution in [0.2, 0.25) is 0 Å². The van der Waals surface area contributed by atoms with Gasteiger partial charge in [-0.2, -0.15) is 0 Å². The molecule has 0 aromatic heterocycles. The highest BCUT2D eigenvalue weighted by Gasteiger charge is 2.50. The largest absolute Gasteiger partial charge is 0.326 e. The van der Waals surface area contributed by atoms with Crippen LogP contribution in [0.4, 0.5) is 4.79 Å². The van der Waals surface area contributed by atoms with Crippen LogP contribution >= 0.6 is 0 Å². The van der Waals surface area contributed by atoms with E-state index >= 15 is 0 Å². The summed E-state index contributed by atoms with van der Waals surface area (Å²) in [7, 11) is 1.72. The molecular weight excluding hydrogens is 316 g/mol. The first-order valence-electron chi connectivity index (χ1n) is 9.09. The van der Waals surface area contributed by atoms with Crippen LogP contribution in [0.25, 0.3) is 0 Å². The highest BCUT2D eigenvalue weighted by molar-refractivity contribution is 6.06. The third-order valence-electron chi connectivity index (χ3n) is 5.76. The van der Waals surface area contributed by atoms with E-state index in [1.165, 1.54) is 6.42 Å². The number of hydrogen-bond acceptors (Lipinski definition) is 3. The second kappa shape index (κ2) is 6.98. The fourth-order valence-corrected chi connectivity index (χ4v) is 4.27. The number of nitrogens with zero attached hydrogens (tertiary/aromatic N) is 2. The van der Waals surface area contributed by atoms with Gasteiger partial charge in [-0.15, -0.1) is 0 Å². The molecule has 134 valence electrons. The summed E-state index contributed by atoms with van der Waals surface area (Å²) in [6.45, 7) is 2.22. The molecule has 5 nitrogen and oxygen atoms in total. The van der Waals surface area contributed by atoms with Gasteiger partial charge in [0.25, 0.3) is 0 Å². The minimum absolute atomic E-state index is 0.186. The van der Waals surface area contributed by atoms with Gasteiger partial charge in [0.15, 0.2) is 5.78 Å².